The van der Waals surface area contributed by atoms with Gasteiger partial charge in [-0.05, 0) is 51.6 Å². The third kappa shape index (κ3) is 6.10. The zero-order chi connectivity index (χ0) is 38.9. The van der Waals surface area contributed by atoms with Crippen molar-refractivity contribution in [2.24, 2.45) is 0 Å². The molecule has 10 rings (SSSR count). The van der Waals surface area contributed by atoms with Crippen LogP contribution in [-0.2, 0) is 5.41 Å². The smallest absolute Gasteiger partial charge is 0.187 e. The number of benzene rings is 8. The van der Waals surface area contributed by atoms with Crippen LogP contribution in [0.5, 0.6) is 11.5 Å². The molecule has 0 spiro atoms. The molecule has 1 aliphatic rings. The van der Waals surface area contributed by atoms with E-state index in [1.54, 1.807) is 0 Å². The van der Waals surface area contributed by atoms with Crippen molar-refractivity contribution in [3.05, 3.63) is 240 Å². The molecule has 0 saturated heterocycles. The fourth-order valence-electron chi connectivity index (χ4n) is 8.12. The summed E-state index contributed by atoms with van der Waals surface area (Å²) in [6, 6.07) is 70.6. The number of para-hydroxylation sites is 1. The van der Waals surface area contributed by atoms with Crippen molar-refractivity contribution in [1.29, 1.82) is 0 Å². The number of rotatable bonds is 7. The maximum atomic E-state index is 7.32. The Bertz CT molecular complexity index is 2920. The van der Waals surface area contributed by atoms with Gasteiger partial charge >= 0.3 is 0 Å². The fourth-order valence-corrected chi connectivity index (χ4v) is 8.12. The lowest BCUT2D eigenvalue weighted by Crippen LogP contribution is -2.34. The van der Waals surface area contributed by atoms with Crippen LogP contribution >= 0.6 is 0 Å². The quantitative estimate of drug-likeness (QED) is 0.153. The molecule has 0 unspecified atom stereocenters. The lowest BCUT2D eigenvalue weighted by Gasteiger charge is -2.41. The molecule has 9 aromatic rings. The summed E-state index contributed by atoms with van der Waals surface area (Å²) in [7, 11) is 0. The minimum Gasteiger partial charge on any atom is -0.457 e. The molecule has 0 aliphatic carbocycles. The van der Waals surface area contributed by atoms with Gasteiger partial charge in [0.1, 0.15) is 11.5 Å². The van der Waals surface area contributed by atoms with Crippen molar-refractivity contribution in [2.45, 2.75) is 5.41 Å². The number of fused-ring (bicyclic) bond motifs is 2. The zero-order valence-corrected chi connectivity index (χ0v) is 31.3. The molecule has 0 bridgehead atoms. The second kappa shape index (κ2) is 14.6. The number of hydrogen-bond donors (Lipinski definition) is 0. The Kier molecular flexibility index (Phi) is 8.70. The molecule has 0 saturated carbocycles. The highest BCUT2D eigenvalue weighted by molar-refractivity contribution is 5.76. The van der Waals surface area contributed by atoms with Gasteiger partial charge in [0, 0.05) is 27.8 Å². The van der Waals surface area contributed by atoms with Crippen molar-refractivity contribution >= 4 is 5.69 Å². The van der Waals surface area contributed by atoms with Crippen LogP contribution in [0.25, 0.3) is 61.3 Å². The summed E-state index contributed by atoms with van der Waals surface area (Å²) in [5.74, 6) is 3.22. The van der Waals surface area contributed by atoms with Gasteiger partial charge in [0.05, 0.1) is 12.0 Å². The number of hydrogen-bond acceptors (Lipinski definition) is 4. The van der Waals surface area contributed by atoms with Crippen LogP contribution in [0.2, 0.25) is 0 Å². The monoisotopic (exact) mass is 742 g/mol. The number of aromatic nitrogens is 3. The standard InChI is InChI=1S/C53H34N4O/c1-54-45-31-28-38(29-32-45)37-24-26-39(27-25-37)50-55-51(41-17-13-16-40(34-41)36-14-5-2-6-15-36)57-52(56-50)42-30-33-47-49(35-42)58-48-23-12-11-22-46(48)53(47,43-18-7-3-8-19-43)44-20-9-4-10-21-44/h2-35H. The van der Waals surface area contributed by atoms with Gasteiger partial charge in [0.25, 0.3) is 0 Å². The minimum absolute atomic E-state index is 0.541. The van der Waals surface area contributed by atoms with E-state index in [9.17, 15) is 0 Å². The van der Waals surface area contributed by atoms with Crippen LogP contribution in [0, 0.1) is 6.57 Å². The summed E-state index contributed by atoms with van der Waals surface area (Å²) < 4.78 is 6.81. The van der Waals surface area contributed by atoms with E-state index >= 15 is 0 Å². The topological polar surface area (TPSA) is 52.3 Å². The van der Waals surface area contributed by atoms with Gasteiger partial charge in [-0.2, -0.15) is 0 Å². The first-order valence-corrected chi connectivity index (χ1v) is 19.2. The molecular formula is C53H34N4O. The molecule has 0 amide bonds. The van der Waals surface area contributed by atoms with E-state index < -0.39 is 5.41 Å². The SMILES string of the molecule is [C-]#[N+]c1ccc(-c2ccc(-c3nc(-c4cccc(-c5ccccc5)c4)nc(-c4ccc5c(c4)Oc4ccccc4C5(c4ccccc4)c4ccccc4)n3)cc2)cc1. The molecule has 1 aliphatic heterocycles. The van der Waals surface area contributed by atoms with E-state index in [0.717, 1.165) is 72.7 Å². The fraction of sp³-hybridized carbons (Fsp3) is 0.0189. The maximum Gasteiger partial charge on any atom is 0.187 e. The third-order valence-corrected chi connectivity index (χ3v) is 10.9. The first kappa shape index (κ1) is 34.5. The van der Waals surface area contributed by atoms with Gasteiger partial charge in [-0.1, -0.05) is 188 Å². The molecule has 1 aromatic heterocycles. The Hall–Kier alpha value is -7.94. The summed E-state index contributed by atoms with van der Waals surface area (Å²) in [4.78, 5) is 18.9. The van der Waals surface area contributed by atoms with Crippen molar-refractivity contribution in [3.63, 3.8) is 0 Å². The summed E-state index contributed by atoms with van der Waals surface area (Å²) in [6.07, 6.45) is 0. The largest absolute Gasteiger partial charge is 0.457 e. The van der Waals surface area contributed by atoms with Gasteiger partial charge in [-0.15, -0.1) is 0 Å². The van der Waals surface area contributed by atoms with Crippen molar-refractivity contribution < 1.29 is 4.74 Å². The van der Waals surface area contributed by atoms with Crippen molar-refractivity contribution in [1.82, 2.24) is 15.0 Å². The predicted octanol–water partition coefficient (Wildman–Crippen LogP) is 13.2. The molecule has 5 heteroatoms. The average Bonchev–Trinajstić information content (AvgIpc) is 3.31. The van der Waals surface area contributed by atoms with Gasteiger partial charge in [0.2, 0.25) is 0 Å². The second-order valence-corrected chi connectivity index (χ2v) is 14.3. The van der Waals surface area contributed by atoms with Crippen LogP contribution in [0.4, 0.5) is 5.69 Å². The lowest BCUT2D eigenvalue weighted by molar-refractivity contribution is 0.434. The Morgan fingerprint density at radius 3 is 1.45 bits per heavy atom. The van der Waals surface area contributed by atoms with Gasteiger partial charge in [-0.3, -0.25) is 0 Å². The highest BCUT2D eigenvalue weighted by Gasteiger charge is 2.45. The molecule has 0 N–H and O–H groups in total. The Labute approximate surface area is 337 Å². The molecule has 5 nitrogen and oxygen atoms in total. The summed E-state index contributed by atoms with van der Waals surface area (Å²) in [5.41, 5.74) is 11.2. The molecule has 8 aromatic carbocycles. The van der Waals surface area contributed by atoms with Gasteiger partial charge < -0.3 is 4.74 Å². The molecule has 58 heavy (non-hydrogen) atoms. The van der Waals surface area contributed by atoms with E-state index in [1.165, 1.54) is 0 Å². The molecular weight excluding hydrogens is 709 g/mol. The molecule has 0 radical (unpaired) electrons. The van der Waals surface area contributed by atoms with E-state index in [-0.39, 0.29) is 0 Å². The Morgan fingerprint density at radius 2 is 0.810 bits per heavy atom. The molecule has 0 fully saturated rings. The molecule has 0 atom stereocenters. The Morgan fingerprint density at radius 1 is 0.362 bits per heavy atom. The Balaban J connectivity index is 1.14. The van der Waals surface area contributed by atoms with Crippen molar-refractivity contribution in [2.75, 3.05) is 0 Å². The highest BCUT2D eigenvalue weighted by Crippen LogP contribution is 2.55. The summed E-state index contributed by atoms with van der Waals surface area (Å²) in [5, 5.41) is 0. The van der Waals surface area contributed by atoms with Crippen molar-refractivity contribution in [3.8, 4) is 67.9 Å². The number of ether oxygens (including phenoxy) is 1. The van der Waals surface area contributed by atoms with Crippen LogP contribution in [0.15, 0.2) is 206 Å². The van der Waals surface area contributed by atoms with Crippen LogP contribution in [-0.4, -0.2) is 15.0 Å². The summed E-state index contributed by atoms with van der Waals surface area (Å²) in [6.45, 7) is 7.32. The van der Waals surface area contributed by atoms with E-state index in [4.69, 9.17) is 26.3 Å². The van der Waals surface area contributed by atoms with E-state index in [2.05, 4.69) is 132 Å². The minimum atomic E-state index is -0.628. The highest BCUT2D eigenvalue weighted by atomic mass is 16.5. The maximum absolute atomic E-state index is 7.32. The lowest BCUT2D eigenvalue weighted by atomic mass is 9.63. The van der Waals surface area contributed by atoms with Gasteiger partial charge in [0.15, 0.2) is 23.2 Å². The first-order valence-electron chi connectivity index (χ1n) is 19.2. The molecule has 272 valence electrons. The molecule has 2 heterocycles. The van der Waals surface area contributed by atoms with Gasteiger partial charge in [-0.25, -0.2) is 19.8 Å². The van der Waals surface area contributed by atoms with Crippen LogP contribution in [0.1, 0.15) is 22.3 Å². The average molecular weight is 743 g/mol. The zero-order valence-electron chi connectivity index (χ0n) is 31.3. The normalized spacial score (nSPS) is 12.4. The third-order valence-electron chi connectivity index (χ3n) is 10.9. The van der Waals surface area contributed by atoms with E-state index in [0.29, 0.717) is 23.2 Å². The first-order chi connectivity index (χ1) is 28.7. The van der Waals surface area contributed by atoms with Crippen LogP contribution in [0.3, 0.4) is 0 Å². The number of nitrogens with zero attached hydrogens (tertiary/aromatic N) is 4. The second-order valence-electron chi connectivity index (χ2n) is 14.3. The summed E-state index contributed by atoms with van der Waals surface area (Å²) >= 11 is 0. The van der Waals surface area contributed by atoms with Crippen LogP contribution < -0.4 is 4.74 Å². The predicted molar refractivity (Wildman–Crippen MR) is 232 cm³/mol. The van der Waals surface area contributed by atoms with E-state index in [1.807, 2.05) is 78.9 Å².